The Kier molecular flexibility index (Phi) is 7.00. The number of benzene rings is 2. The Morgan fingerprint density at radius 1 is 1.02 bits per heavy atom. The van der Waals surface area contributed by atoms with Gasteiger partial charge in [-0.1, -0.05) is 12.1 Å². The van der Waals surface area contributed by atoms with Gasteiger partial charge in [-0.15, -0.1) is 0 Å². The summed E-state index contributed by atoms with van der Waals surface area (Å²) in [5, 5.41) is 8.04. The van der Waals surface area contributed by atoms with E-state index in [9.17, 15) is 4.39 Å². The van der Waals surface area contributed by atoms with Crippen molar-refractivity contribution < 1.29 is 9.13 Å². The molecule has 9 heteroatoms. The third kappa shape index (κ3) is 4.82. The molecular weight excluding hydrogens is 505 g/mol. The Morgan fingerprint density at radius 3 is 2.60 bits per heavy atom. The van der Waals surface area contributed by atoms with Crippen molar-refractivity contribution in [3.63, 3.8) is 0 Å². The molecule has 0 aliphatic carbocycles. The summed E-state index contributed by atoms with van der Waals surface area (Å²) in [6.45, 7) is 8.42. The van der Waals surface area contributed by atoms with Crippen molar-refractivity contribution in [1.82, 2.24) is 30.2 Å². The Balaban J connectivity index is 1.34. The fourth-order valence-corrected chi connectivity index (χ4v) is 5.71. The number of hydrazine groups is 1. The van der Waals surface area contributed by atoms with Crippen LogP contribution in [0.3, 0.4) is 0 Å². The third-order valence-corrected chi connectivity index (χ3v) is 7.86. The van der Waals surface area contributed by atoms with Gasteiger partial charge in [0.1, 0.15) is 17.2 Å². The number of pyridine rings is 1. The number of H-pyrrole nitrogens is 1. The SMILES string of the molecule is CNN1CCN(c2ccc(-c3cnc4[nH]cc(-c5c(C)nn(Cc6cccc(F)c6)c5C)c4c3)c(OC)c2)CC1. The predicted molar refractivity (Wildman–Crippen MR) is 157 cm³/mol. The molecule has 2 aromatic carbocycles. The number of aromatic nitrogens is 4. The van der Waals surface area contributed by atoms with Crippen molar-refractivity contribution in [2.24, 2.45) is 0 Å². The topological polar surface area (TPSA) is 74.2 Å². The van der Waals surface area contributed by atoms with E-state index in [0.29, 0.717) is 6.54 Å². The first-order valence-corrected chi connectivity index (χ1v) is 13.6. The van der Waals surface area contributed by atoms with Crippen LogP contribution in [0.25, 0.3) is 33.3 Å². The number of aromatic amines is 1. The van der Waals surface area contributed by atoms with Gasteiger partial charge in [-0.05, 0) is 56.8 Å². The summed E-state index contributed by atoms with van der Waals surface area (Å²) in [5.41, 5.74) is 12.1. The zero-order chi connectivity index (χ0) is 27.8. The molecule has 3 aromatic heterocycles. The van der Waals surface area contributed by atoms with E-state index in [1.54, 1.807) is 19.2 Å². The number of aryl methyl sites for hydroxylation is 1. The molecule has 1 aliphatic heterocycles. The van der Waals surface area contributed by atoms with Crippen LogP contribution in [0.5, 0.6) is 5.75 Å². The highest BCUT2D eigenvalue weighted by atomic mass is 19.1. The lowest BCUT2D eigenvalue weighted by molar-refractivity contribution is 0.195. The first kappa shape index (κ1) is 26.0. The van der Waals surface area contributed by atoms with E-state index in [2.05, 4.69) is 51.5 Å². The number of halogens is 1. The molecule has 40 heavy (non-hydrogen) atoms. The monoisotopic (exact) mass is 539 g/mol. The van der Waals surface area contributed by atoms with Gasteiger partial charge in [0.15, 0.2) is 0 Å². The molecule has 0 atom stereocenters. The van der Waals surface area contributed by atoms with Gasteiger partial charge in [0.05, 0.1) is 19.3 Å². The van der Waals surface area contributed by atoms with Crippen LogP contribution in [0, 0.1) is 19.7 Å². The minimum absolute atomic E-state index is 0.241. The molecule has 0 saturated carbocycles. The highest BCUT2D eigenvalue weighted by molar-refractivity contribution is 5.97. The van der Waals surface area contributed by atoms with E-state index in [0.717, 1.165) is 87.9 Å². The zero-order valence-corrected chi connectivity index (χ0v) is 23.3. The summed E-state index contributed by atoms with van der Waals surface area (Å²) in [6, 6.07) is 15.2. The maximum atomic E-state index is 13.8. The highest BCUT2D eigenvalue weighted by Gasteiger charge is 2.20. The first-order valence-electron chi connectivity index (χ1n) is 13.6. The van der Waals surface area contributed by atoms with Crippen molar-refractivity contribution in [3.8, 4) is 28.0 Å². The van der Waals surface area contributed by atoms with E-state index < -0.39 is 0 Å². The Labute approximate surface area is 233 Å². The molecule has 6 rings (SSSR count). The number of hydrogen-bond donors (Lipinski definition) is 2. The normalized spacial score (nSPS) is 14.3. The number of fused-ring (bicyclic) bond motifs is 1. The quantitative estimate of drug-likeness (QED) is 0.298. The summed E-state index contributed by atoms with van der Waals surface area (Å²) in [6.07, 6.45) is 3.88. The number of hydrogen-bond acceptors (Lipinski definition) is 6. The van der Waals surface area contributed by atoms with Crippen LogP contribution in [0.1, 0.15) is 17.0 Å². The van der Waals surface area contributed by atoms with Gasteiger partial charge in [-0.2, -0.15) is 5.10 Å². The number of piperazine rings is 1. The lowest BCUT2D eigenvalue weighted by Gasteiger charge is -2.35. The third-order valence-electron chi connectivity index (χ3n) is 7.86. The van der Waals surface area contributed by atoms with E-state index in [1.165, 1.54) is 6.07 Å². The molecule has 0 unspecified atom stereocenters. The zero-order valence-electron chi connectivity index (χ0n) is 23.3. The second-order valence-electron chi connectivity index (χ2n) is 10.2. The highest BCUT2D eigenvalue weighted by Crippen LogP contribution is 2.38. The number of methoxy groups -OCH3 is 1. The Morgan fingerprint density at radius 2 is 1.85 bits per heavy atom. The fourth-order valence-electron chi connectivity index (χ4n) is 5.71. The minimum atomic E-state index is -0.241. The van der Waals surface area contributed by atoms with Crippen LogP contribution in [-0.4, -0.2) is 65.1 Å². The van der Waals surface area contributed by atoms with Gasteiger partial charge >= 0.3 is 0 Å². The van der Waals surface area contributed by atoms with Crippen molar-refractivity contribution >= 4 is 16.7 Å². The maximum absolute atomic E-state index is 13.8. The lowest BCUT2D eigenvalue weighted by Crippen LogP contribution is -2.50. The second-order valence-corrected chi connectivity index (χ2v) is 10.2. The molecule has 8 nitrogen and oxygen atoms in total. The number of nitrogens with one attached hydrogen (secondary N) is 2. The van der Waals surface area contributed by atoms with Crippen LogP contribution in [0.2, 0.25) is 0 Å². The first-order chi connectivity index (χ1) is 19.4. The van der Waals surface area contributed by atoms with Gasteiger partial charge < -0.3 is 14.6 Å². The van der Waals surface area contributed by atoms with Crippen molar-refractivity contribution in [2.45, 2.75) is 20.4 Å². The number of ether oxygens (including phenoxy) is 1. The van der Waals surface area contributed by atoms with Crippen molar-refractivity contribution in [2.75, 3.05) is 45.2 Å². The molecule has 0 spiro atoms. The molecular formula is C31H34FN7O. The Bertz CT molecular complexity index is 1670. The van der Waals surface area contributed by atoms with Crippen molar-refractivity contribution in [3.05, 3.63) is 83.7 Å². The van der Waals surface area contributed by atoms with Gasteiger partial charge in [-0.3, -0.25) is 10.1 Å². The second kappa shape index (κ2) is 10.7. The van der Waals surface area contributed by atoms with E-state index in [-0.39, 0.29) is 5.82 Å². The van der Waals surface area contributed by atoms with Crippen LogP contribution >= 0.6 is 0 Å². The van der Waals surface area contributed by atoms with Gasteiger partial charge in [-0.25, -0.2) is 14.4 Å². The summed E-state index contributed by atoms with van der Waals surface area (Å²) >= 11 is 0. The average molecular weight is 540 g/mol. The maximum Gasteiger partial charge on any atom is 0.137 e. The lowest BCUT2D eigenvalue weighted by atomic mass is 10.00. The van der Waals surface area contributed by atoms with Crippen LogP contribution in [0.15, 0.2) is 60.9 Å². The molecule has 2 N–H and O–H groups in total. The molecule has 206 valence electrons. The molecule has 1 fully saturated rings. The number of anilines is 1. The minimum Gasteiger partial charge on any atom is -0.496 e. The van der Waals surface area contributed by atoms with Crippen LogP contribution in [0.4, 0.5) is 10.1 Å². The molecule has 5 aromatic rings. The van der Waals surface area contributed by atoms with Gasteiger partial charge in [0.2, 0.25) is 0 Å². The number of rotatable bonds is 7. The van der Waals surface area contributed by atoms with Crippen LogP contribution < -0.4 is 15.1 Å². The predicted octanol–water partition coefficient (Wildman–Crippen LogP) is 5.16. The molecule has 1 saturated heterocycles. The van der Waals surface area contributed by atoms with Gasteiger partial charge in [0.25, 0.3) is 0 Å². The summed E-state index contributed by atoms with van der Waals surface area (Å²) in [4.78, 5) is 10.5. The molecule has 0 amide bonds. The average Bonchev–Trinajstić information content (AvgIpc) is 3.51. The van der Waals surface area contributed by atoms with E-state index >= 15 is 0 Å². The number of nitrogens with zero attached hydrogens (tertiary/aromatic N) is 5. The largest absolute Gasteiger partial charge is 0.496 e. The fraction of sp³-hybridized carbons (Fsp3) is 0.290. The van der Waals surface area contributed by atoms with E-state index in [4.69, 9.17) is 14.8 Å². The van der Waals surface area contributed by atoms with Gasteiger partial charge in [0, 0.05) is 83.7 Å². The smallest absolute Gasteiger partial charge is 0.137 e. The summed E-state index contributed by atoms with van der Waals surface area (Å²) < 4.78 is 21.6. The van der Waals surface area contributed by atoms with Crippen molar-refractivity contribution in [1.29, 1.82) is 0 Å². The van der Waals surface area contributed by atoms with Crippen LogP contribution in [-0.2, 0) is 6.54 Å². The standard InChI is InChI=1S/C31H34FN7O/c1-20-30(21(2)39(36-20)19-22-6-5-7-24(32)14-22)28-18-35-31-27(28)15-23(17-34-31)26-9-8-25(16-29(26)40-4)37-10-12-38(33-3)13-11-37/h5-9,14-18,33H,10-13,19H2,1-4H3,(H,34,35). The molecule has 0 radical (unpaired) electrons. The molecule has 0 bridgehead atoms. The molecule has 1 aliphatic rings. The summed E-state index contributed by atoms with van der Waals surface area (Å²) in [5.74, 6) is 0.580. The van der Waals surface area contributed by atoms with E-state index in [1.807, 2.05) is 37.1 Å². The summed E-state index contributed by atoms with van der Waals surface area (Å²) in [7, 11) is 3.69. The molecule has 4 heterocycles. The Hall–Kier alpha value is -4.21.